The van der Waals surface area contributed by atoms with E-state index in [1.807, 2.05) is 12.1 Å². The predicted molar refractivity (Wildman–Crippen MR) is 118 cm³/mol. The molecule has 1 aromatic heterocycles. The van der Waals surface area contributed by atoms with Gasteiger partial charge in [0.1, 0.15) is 11.6 Å². The van der Waals surface area contributed by atoms with Crippen LogP contribution < -0.4 is 15.4 Å². The van der Waals surface area contributed by atoms with Crippen LogP contribution in [0.25, 0.3) is 11.3 Å². The van der Waals surface area contributed by atoms with Gasteiger partial charge in [-0.05, 0) is 24.3 Å². The van der Waals surface area contributed by atoms with Crippen LogP contribution in [0.1, 0.15) is 10.4 Å². The molecular formula is C23H22N4O3. The Morgan fingerprint density at radius 1 is 1.10 bits per heavy atom. The van der Waals surface area contributed by atoms with Gasteiger partial charge in [-0.3, -0.25) is 14.3 Å². The van der Waals surface area contributed by atoms with Crippen LogP contribution in [0.4, 0.5) is 11.5 Å². The number of aromatic nitrogens is 2. The molecule has 2 N–H and O–H groups in total. The first-order valence-electron chi connectivity index (χ1n) is 9.14. The van der Waals surface area contributed by atoms with Gasteiger partial charge in [0.25, 0.3) is 11.8 Å². The van der Waals surface area contributed by atoms with Crippen molar-refractivity contribution in [3.05, 3.63) is 85.0 Å². The van der Waals surface area contributed by atoms with Gasteiger partial charge in [0.2, 0.25) is 0 Å². The van der Waals surface area contributed by atoms with Crippen molar-refractivity contribution < 1.29 is 14.3 Å². The molecule has 0 aliphatic rings. The Labute approximate surface area is 174 Å². The van der Waals surface area contributed by atoms with Crippen molar-refractivity contribution in [1.29, 1.82) is 0 Å². The van der Waals surface area contributed by atoms with Gasteiger partial charge >= 0.3 is 0 Å². The van der Waals surface area contributed by atoms with E-state index in [-0.39, 0.29) is 11.8 Å². The fraction of sp³-hybridized carbons (Fsp3) is 0.0870. The van der Waals surface area contributed by atoms with Gasteiger partial charge in [-0.2, -0.15) is 5.10 Å². The first-order valence-corrected chi connectivity index (χ1v) is 9.14. The number of carbonyl (C=O) groups is 2. The average Bonchev–Trinajstić information content (AvgIpc) is 3.13. The zero-order valence-corrected chi connectivity index (χ0v) is 16.8. The minimum absolute atomic E-state index is 0.289. The topological polar surface area (TPSA) is 85.3 Å². The second kappa shape index (κ2) is 8.91. The van der Waals surface area contributed by atoms with Crippen LogP contribution in [0.2, 0.25) is 0 Å². The largest absolute Gasteiger partial charge is 0.496 e. The molecule has 0 unspecified atom stereocenters. The van der Waals surface area contributed by atoms with Crippen LogP contribution in [-0.2, 0) is 11.8 Å². The van der Waals surface area contributed by atoms with Crippen LogP contribution in [0, 0.1) is 0 Å². The number of carbonyl (C=O) groups excluding carboxylic acids is 2. The molecule has 2 amide bonds. The van der Waals surface area contributed by atoms with Gasteiger partial charge in [-0.25, -0.2) is 0 Å². The molecular weight excluding hydrogens is 380 g/mol. The first kappa shape index (κ1) is 20.6. The number of para-hydroxylation sites is 1. The van der Waals surface area contributed by atoms with Gasteiger partial charge < -0.3 is 15.4 Å². The summed E-state index contributed by atoms with van der Waals surface area (Å²) in [6.45, 7) is 7.15. The van der Waals surface area contributed by atoms with Crippen molar-refractivity contribution in [1.82, 2.24) is 9.78 Å². The third kappa shape index (κ3) is 4.47. The Morgan fingerprint density at radius 3 is 2.47 bits per heavy atom. The molecule has 0 atom stereocenters. The number of amides is 2. The van der Waals surface area contributed by atoms with Crippen molar-refractivity contribution in [2.24, 2.45) is 7.05 Å². The molecule has 7 nitrogen and oxygen atoms in total. The molecule has 152 valence electrons. The van der Waals surface area contributed by atoms with Gasteiger partial charge in [0, 0.05) is 29.9 Å². The molecule has 2 aromatic carbocycles. The minimum atomic E-state index is -0.308. The van der Waals surface area contributed by atoms with Crippen LogP contribution in [0.3, 0.4) is 0 Å². The summed E-state index contributed by atoms with van der Waals surface area (Å²) in [5, 5.41) is 10.1. The smallest absolute Gasteiger partial charge is 0.260 e. The van der Waals surface area contributed by atoms with E-state index in [1.165, 1.54) is 13.2 Å². The predicted octanol–water partition coefficient (Wildman–Crippen LogP) is 4.03. The van der Waals surface area contributed by atoms with E-state index in [0.717, 1.165) is 5.56 Å². The SMILES string of the molecule is C=CC(=C)C(=O)Nc1ccc(-c2cc(NC(=O)c3ccccc3OC)n(C)n2)cc1. The standard InChI is InChI=1S/C23H22N4O3/c1-5-15(2)22(28)24-17-12-10-16(11-13-17)19-14-21(27(3)26-19)25-23(29)18-8-6-7-9-20(18)30-4/h5-14H,1-2H2,3-4H3,(H,24,28)(H,25,29). The highest BCUT2D eigenvalue weighted by molar-refractivity contribution is 6.06. The minimum Gasteiger partial charge on any atom is -0.496 e. The molecule has 3 aromatic rings. The molecule has 1 heterocycles. The summed E-state index contributed by atoms with van der Waals surface area (Å²) in [7, 11) is 3.27. The van der Waals surface area contributed by atoms with Crippen LogP contribution in [0.15, 0.2) is 79.4 Å². The molecule has 30 heavy (non-hydrogen) atoms. The Morgan fingerprint density at radius 2 is 1.80 bits per heavy atom. The summed E-state index contributed by atoms with van der Waals surface area (Å²) in [5.74, 6) is 0.439. The van der Waals surface area contributed by atoms with Crippen molar-refractivity contribution in [2.75, 3.05) is 17.7 Å². The van der Waals surface area contributed by atoms with E-state index in [1.54, 1.807) is 54.2 Å². The first-order chi connectivity index (χ1) is 14.4. The number of hydrogen-bond donors (Lipinski definition) is 2. The van der Waals surface area contributed by atoms with E-state index in [2.05, 4.69) is 28.9 Å². The number of nitrogens with zero attached hydrogens (tertiary/aromatic N) is 2. The van der Waals surface area contributed by atoms with Crippen LogP contribution >= 0.6 is 0 Å². The summed E-state index contributed by atoms with van der Waals surface area (Å²) >= 11 is 0. The summed E-state index contributed by atoms with van der Waals surface area (Å²) in [5.41, 5.74) is 2.88. The summed E-state index contributed by atoms with van der Waals surface area (Å²) in [6, 6.07) is 16.0. The summed E-state index contributed by atoms with van der Waals surface area (Å²) < 4.78 is 6.84. The molecule has 0 bridgehead atoms. The fourth-order valence-electron chi connectivity index (χ4n) is 2.77. The monoisotopic (exact) mass is 402 g/mol. The van der Waals surface area contributed by atoms with E-state index in [0.29, 0.717) is 34.1 Å². The maximum atomic E-state index is 12.6. The van der Waals surface area contributed by atoms with Gasteiger partial charge in [-0.15, -0.1) is 0 Å². The lowest BCUT2D eigenvalue weighted by Gasteiger charge is -2.08. The quantitative estimate of drug-likeness (QED) is 0.462. The lowest BCUT2D eigenvalue weighted by atomic mass is 10.1. The van der Waals surface area contributed by atoms with Gasteiger partial charge in [-0.1, -0.05) is 43.5 Å². The Bertz CT molecular complexity index is 1110. The highest BCUT2D eigenvalue weighted by atomic mass is 16.5. The highest BCUT2D eigenvalue weighted by Gasteiger charge is 2.15. The third-order valence-corrected chi connectivity index (χ3v) is 4.45. The number of rotatable bonds is 7. The molecule has 0 aliphatic heterocycles. The molecule has 0 saturated carbocycles. The molecule has 0 spiro atoms. The van der Waals surface area contributed by atoms with E-state index < -0.39 is 0 Å². The van der Waals surface area contributed by atoms with Crippen molar-refractivity contribution in [3.63, 3.8) is 0 Å². The Hall–Kier alpha value is -4.13. The number of methoxy groups -OCH3 is 1. The molecule has 0 saturated heterocycles. The number of anilines is 2. The molecule has 7 heteroatoms. The number of ether oxygens (including phenoxy) is 1. The maximum Gasteiger partial charge on any atom is 0.260 e. The molecule has 3 rings (SSSR count). The zero-order chi connectivity index (χ0) is 21.7. The molecule has 0 fully saturated rings. The number of nitrogens with one attached hydrogen (secondary N) is 2. The van der Waals surface area contributed by atoms with Crippen molar-refractivity contribution >= 4 is 23.3 Å². The lowest BCUT2D eigenvalue weighted by molar-refractivity contribution is -0.112. The fourth-order valence-corrected chi connectivity index (χ4v) is 2.77. The van der Waals surface area contributed by atoms with Crippen molar-refractivity contribution in [3.8, 4) is 17.0 Å². The van der Waals surface area contributed by atoms with Gasteiger partial charge in [0.15, 0.2) is 0 Å². The summed E-state index contributed by atoms with van der Waals surface area (Å²) in [6.07, 6.45) is 1.40. The molecule has 0 aliphatic carbocycles. The maximum absolute atomic E-state index is 12.6. The zero-order valence-electron chi connectivity index (χ0n) is 16.8. The van der Waals surface area contributed by atoms with E-state index in [4.69, 9.17) is 4.74 Å². The molecule has 0 radical (unpaired) electrons. The second-order valence-electron chi connectivity index (χ2n) is 6.45. The second-order valence-corrected chi connectivity index (χ2v) is 6.45. The van der Waals surface area contributed by atoms with E-state index >= 15 is 0 Å². The normalized spacial score (nSPS) is 10.2. The van der Waals surface area contributed by atoms with Crippen LogP contribution in [-0.4, -0.2) is 28.7 Å². The van der Waals surface area contributed by atoms with Crippen molar-refractivity contribution in [2.45, 2.75) is 0 Å². The number of aryl methyl sites for hydroxylation is 1. The van der Waals surface area contributed by atoms with Gasteiger partial charge in [0.05, 0.1) is 18.4 Å². The average molecular weight is 402 g/mol. The van der Waals surface area contributed by atoms with Crippen LogP contribution in [0.5, 0.6) is 5.75 Å². The number of benzene rings is 2. The lowest BCUT2D eigenvalue weighted by Crippen LogP contribution is -2.15. The third-order valence-electron chi connectivity index (χ3n) is 4.45. The Balaban J connectivity index is 1.76. The number of hydrogen-bond acceptors (Lipinski definition) is 4. The summed E-state index contributed by atoms with van der Waals surface area (Å²) in [4.78, 5) is 24.5. The highest BCUT2D eigenvalue weighted by Crippen LogP contribution is 2.25. The van der Waals surface area contributed by atoms with E-state index in [9.17, 15) is 9.59 Å². The Kier molecular flexibility index (Phi) is 6.12.